The van der Waals surface area contributed by atoms with Gasteiger partial charge in [-0.05, 0) is 37.8 Å². The minimum Gasteiger partial charge on any atom is -0.387 e. The third-order valence-corrected chi connectivity index (χ3v) is 3.43. The van der Waals surface area contributed by atoms with E-state index in [1.807, 2.05) is 6.26 Å². The van der Waals surface area contributed by atoms with Crippen LogP contribution < -0.4 is 10.6 Å². The van der Waals surface area contributed by atoms with E-state index in [1.165, 1.54) is 17.8 Å². The van der Waals surface area contributed by atoms with Crippen LogP contribution in [0.4, 0.5) is 14.9 Å². The molecule has 0 aliphatic carbocycles. The molecule has 1 atom stereocenters. The van der Waals surface area contributed by atoms with Gasteiger partial charge in [0.2, 0.25) is 0 Å². The molecule has 1 rings (SSSR count). The van der Waals surface area contributed by atoms with Gasteiger partial charge in [0, 0.05) is 18.0 Å². The zero-order valence-corrected chi connectivity index (χ0v) is 12.1. The van der Waals surface area contributed by atoms with Crippen molar-refractivity contribution < 1.29 is 14.3 Å². The van der Waals surface area contributed by atoms with Crippen LogP contribution in [-0.4, -0.2) is 35.3 Å². The lowest BCUT2D eigenvalue weighted by Gasteiger charge is -2.22. The van der Waals surface area contributed by atoms with Gasteiger partial charge in [0.25, 0.3) is 0 Å². The van der Waals surface area contributed by atoms with Crippen LogP contribution in [0.2, 0.25) is 0 Å². The molecule has 0 fully saturated rings. The Hall–Kier alpha value is -1.27. The quantitative estimate of drug-likeness (QED) is 0.779. The van der Waals surface area contributed by atoms with Gasteiger partial charge in [0.05, 0.1) is 5.60 Å². The summed E-state index contributed by atoms with van der Waals surface area (Å²) >= 11 is 1.50. The first kappa shape index (κ1) is 15.8. The van der Waals surface area contributed by atoms with E-state index in [0.717, 1.165) is 0 Å². The van der Waals surface area contributed by atoms with Crippen LogP contribution in [0.25, 0.3) is 0 Å². The molecule has 0 spiro atoms. The molecule has 2 amide bonds. The van der Waals surface area contributed by atoms with E-state index in [-0.39, 0.29) is 12.4 Å². The van der Waals surface area contributed by atoms with Crippen LogP contribution in [0, 0.1) is 12.7 Å². The van der Waals surface area contributed by atoms with E-state index in [4.69, 9.17) is 0 Å². The lowest BCUT2D eigenvalue weighted by Crippen LogP contribution is -2.43. The normalized spacial score (nSPS) is 13.7. The molecule has 0 saturated carbocycles. The molecule has 106 valence electrons. The van der Waals surface area contributed by atoms with Crippen molar-refractivity contribution in [3.05, 3.63) is 29.6 Å². The molecule has 0 aromatic heterocycles. The summed E-state index contributed by atoms with van der Waals surface area (Å²) in [6, 6.07) is 4.01. The van der Waals surface area contributed by atoms with Crippen molar-refractivity contribution in [3.8, 4) is 0 Å². The van der Waals surface area contributed by atoms with Gasteiger partial charge in [0.15, 0.2) is 0 Å². The molecule has 0 heterocycles. The third kappa shape index (κ3) is 5.48. The summed E-state index contributed by atoms with van der Waals surface area (Å²) in [4.78, 5) is 11.6. The summed E-state index contributed by atoms with van der Waals surface area (Å²) in [6.07, 6.45) is 1.88. The largest absolute Gasteiger partial charge is 0.387 e. The molecule has 1 unspecified atom stereocenters. The van der Waals surface area contributed by atoms with Crippen LogP contribution >= 0.6 is 11.8 Å². The Kier molecular flexibility index (Phi) is 5.62. The van der Waals surface area contributed by atoms with Crippen molar-refractivity contribution in [2.45, 2.75) is 19.4 Å². The second-order valence-corrected chi connectivity index (χ2v) is 5.57. The Morgan fingerprint density at radius 3 is 2.79 bits per heavy atom. The molecule has 1 aromatic carbocycles. The maximum absolute atomic E-state index is 13.3. The molecule has 0 radical (unpaired) electrons. The lowest BCUT2D eigenvalue weighted by atomic mass is 10.1. The molecule has 4 nitrogen and oxygen atoms in total. The van der Waals surface area contributed by atoms with Crippen LogP contribution in [0.3, 0.4) is 0 Å². The summed E-state index contributed by atoms with van der Waals surface area (Å²) in [7, 11) is 0. The van der Waals surface area contributed by atoms with Gasteiger partial charge in [-0.15, -0.1) is 0 Å². The first-order valence-corrected chi connectivity index (χ1v) is 7.26. The van der Waals surface area contributed by atoms with Crippen molar-refractivity contribution >= 4 is 23.5 Å². The van der Waals surface area contributed by atoms with Crippen molar-refractivity contribution in [3.63, 3.8) is 0 Å². The smallest absolute Gasteiger partial charge is 0.319 e. The van der Waals surface area contributed by atoms with Gasteiger partial charge in [-0.3, -0.25) is 0 Å². The molecular formula is C13H19FN2O2S. The molecule has 19 heavy (non-hydrogen) atoms. The number of anilines is 1. The molecule has 0 saturated heterocycles. The Morgan fingerprint density at radius 2 is 2.21 bits per heavy atom. The fourth-order valence-corrected chi connectivity index (χ4v) is 2.20. The topological polar surface area (TPSA) is 61.4 Å². The Labute approximate surface area is 116 Å². The standard InChI is InChI=1S/C13H19FN2O2S/c1-9-4-5-10(6-11(9)14)16-12(17)15-7-13(2,18)8-19-3/h4-6,18H,7-8H2,1-3H3,(H2,15,16,17). The van der Waals surface area contributed by atoms with Crippen LogP contribution in [0.1, 0.15) is 12.5 Å². The average Bonchev–Trinajstić information content (AvgIpc) is 2.32. The van der Waals surface area contributed by atoms with E-state index in [1.54, 1.807) is 26.0 Å². The number of aryl methyl sites for hydroxylation is 1. The number of aliphatic hydroxyl groups is 1. The number of hydrogen-bond acceptors (Lipinski definition) is 3. The SMILES string of the molecule is CSCC(C)(O)CNC(=O)Nc1ccc(C)c(F)c1. The van der Waals surface area contributed by atoms with Gasteiger partial charge in [-0.1, -0.05) is 6.07 Å². The maximum atomic E-state index is 13.3. The highest BCUT2D eigenvalue weighted by Gasteiger charge is 2.20. The minimum absolute atomic E-state index is 0.133. The Balaban J connectivity index is 2.49. The number of nitrogens with one attached hydrogen (secondary N) is 2. The highest BCUT2D eigenvalue weighted by molar-refractivity contribution is 7.98. The molecule has 3 N–H and O–H groups in total. The summed E-state index contributed by atoms with van der Waals surface area (Å²) in [6.45, 7) is 3.43. The van der Waals surface area contributed by atoms with Gasteiger partial charge in [-0.25, -0.2) is 9.18 Å². The van der Waals surface area contributed by atoms with Gasteiger partial charge in [0.1, 0.15) is 5.82 Å². The average molecular weight is 286 g/mol. The highest BCUT2D eigenvalue weighted by atomic mass is 32.2. The Bertz CT molecular complexity index is 452. The summed E-state index contributed by atoms with van der Waals surface area (Å²) in [5.41, 5.74) is -0.0612. The van der Waals surface area contributed by atoms with E-state index in [0.29, 0.717) is 17.0 Å². The fourth-order valence-electron chi connectivity index (χ4n) is 1.48. The number of rotatable bonds is 5. The monoisotopic (exact) mass is 286 g/mol. The van der Waals surface area contributed by atoms with Gasteiger partial charge in [-0.2, -0.15) is 11.8 Å². The number of amides is 2. The predicted octanol–water partition coefficient (Wildman–Crippen LogP) is 2.37. The lowest BCUT2D eigenvalue weighted by molar-refractivity contribution is 0.0876. The number of urea groups is 1. The van der Waals surface area contributed by atoms with Crippen molar-refractivity contribution in [2.24, 2.45) is 0 Å². The third-order valence-electron chi connectivity index (χ3n) is 2.51. The first-order chi connectivity index (χ1) is 8.84. The van der Waals surface area contributed by atoms with Crippen molar-refractivity contribution in [1.29, 1.82) is 0 Å². The maximum Gasteiger partial charge on any atom is 0.319 e. The molecule has 6 heteroatoms. The summed E-state index contributed by atoms with van der Waals surface area (Å²) in [5.74, 6) is 0.152. The number of hydrogen-bond donors (Lipinski definition) is 3. The molecule has 0 aliphatic heterocycles. The fraction of sp³-hybridized carbons (Fsp3) is 0.462. The summed E-state index contributed by atoms with van der Waals surface area (Å²) < 4.78 is 13.3. The predicted molar refractivity (Wildman–Crippen MR) is 77.2 cm³/mol. The summed E-state index contributed by atoms with van der Waals surface area (Å²) in [5, 5.41) is 15.0. The second kappa shape index (κ2) is 6.77. The molecule has 1 aromatic rings. The van der Waals surface area contributed by atoms with E-state index in [9.17, 15) is 14.3 Å². The van der Waals surface area contributed by atoms with Gasteiger partial charge >= 0.3 is 6.03 Å². The molecular weight excluding hydrogens is 267 g/mol. The van der Waals surface area contributed by atoms with Crippen molar-refractivity contribution in [2.75, 3.05) is 23.9 Å². The van der Waals surface area contributed by atoms with Gasteiger partial charge < -0.3 is 15.7 Å². The van der Waals surface area contributed by atoms with E-state index in [2.05, 4.69) is 10.6 Å². The van der Waals surface area contributed by atoms with Crippen LogP contribution in [0.15, 0.2) is 18.2 Å². The second-order valence-electron chi connectivity index (χ2n) is 4.70. The van der Waals surface area contributed by atoms with E-state index < -0.39 is 11.6 Å². The van der Waals surface area contributed by atoms with E-state index >= 15 is 0 Å². The van der Waals surface area contributed by atoms with Crippen LogP contribution in [-0.2, 0) is 0 Å². The number of halogens is 1. The zero-order chi connectivity index (χ0) is 14.5. The number of carbonyl (C=O) groups excluding carboxylic acids is 1. The molecule has 0 bridgehead atoms. The minimum atomic E-state index is -0.963. The highest BCUT2D eigenvalue weighted by Crippen LogP contribution is 2.13. The number of thioether (sulfide) groups is 1. The Morgan fingerprint density at radius 1 is 1.53 bits per heavy atom. The zero-order valence-electron chi connectivity index (χ0n) is 11.3. The number of benzene rings is 1. The van der Waals surface area contributed by atoms with Crippen LogP contribution in [0.5, 0.6) is 0 Å². The van der Waals surface area contributed by atoms with Crippen molar-refractivity contribution in [1.82, 2.24) is 5.32 Å². The molecule has 0 aliphatic rings. The first-order valence-electron chi connectivity index (χ1n) is 5.86. The number of carbonyl (C=O) groups is 1.